The molecule has 0 aromatic heterocycles. The van der Waals surface area contributed by atoms with E-state index in [1.54, 1.807) is 0 Å². The van der Waals surface area contributed by atoms with Crippen LogP contribution in [0.1, 0.15) is 44.4 Å². The summed E-state index contributed by atoms with van der Waals surface area (Å²) < 4.78 is 17.0. The Hall–Kier alpha value is -3.12. The van der Waals surface area contributed by atoms with Crippen LogP contribution in [0, 0.1) is 5.92 Å². The van der Waals surface area contributed by atoms with Gasteiger partial charge in [0, 0.05) is 12.5 Å². The van der Waals surface area contributed by atoms with Gasteiger partial charge in [-0.25, -0.2) is 0 Å². The van der Waals surface area contributed by atoms with Gasteiger partial charge in [0.15, 0.2) is 0 Å². The summed E-state index contributed by atoms with van der Waals surface area (Å²) in [6, 6.07) is 26.3. The van der Waals surface area contributed by atoms with Gasteiger partial charge in [-0.15, -0.1) is 0 Å². The van der Waals surface area contributed by atoms with E-state index in [2.05, 4.69) is 31.2 Å². The van der Waals surface area contributed by atoms with Crippen LogP contribution >= 0.6 is 0 Å². The highest BCUT2D eigenvalue weighted by atomic mass is 16.5. The molecule has 0 fully saturated rings. The molecule has 0 spiro atoms. The summed E-state index contributed by atoms with van der Waals surface area (Å²) in [6.45, 7) is 8.96. The van der Waals surface area contributed by atoms with Crippen LogP contribution in [-0.4, -0.2) is 48.8 Å². The molecule has 3 rings (SSSR count). The van der Waals surface area contributed by atoms with Crippen molar-refractivity contribution in [3.8, 4) is 11.5 Å². The molecule has 2 atom stereocenters. The smallest absolute Gasteiger partial charge is 0.119 e. The van der Waals surface area contributed by atoms with Crippen molar-refractivity contribution < 1.29 is 24.4 Å². The third kappa shape index (κ3) is 8.23. The molecule has 0 radical (unpaired) electrons. The summed E-state index contributed by atoms with van der Waals surface area (Å²) >= 11 is 0. The van der Waals surface area contributed by atoms with Crippen LogP contribution in [0.5, 0.6) is 11.5 Å². The molecule has 5 nitrogen and oxygen atoms in total. The Morgan fingerprint density at radius 1 is 0.694 bits per heavy atom. The van der Waals surface area contributed by atoms with E-state index in [4.69, 9.17) is 14.2 Å². The summed E-state index contributed by atoms with van der Waals surface area (Å²) in [5.74, 6) is 1.56. The van der Waals surface area contributed by atoms with Crippen molar-refractivity contribution >= 4 is 11.1 Å². The second-order valence-corrected chi connectivity index (χ2v) is 9.36. The van der Waals surface area contributed by atoms with Crippen LogP contribution in [0.3, 0.4) is 0 Å². The first kappa shape index (κ1) is 27.5. The van der Waals surface area contributed by atoms with Crippen molar-refractivity contribution in [1.29, 1.82) is 0 Å². The summed E-state index contributed by atoms with van der Waals surface area (Å²) in [5, 5.41) is 19.3. The third-order valence-electron chi connectivity index (χ3n) is 5.78. The average molecular weight is 491 g/mol. The van der Waals surface area contributed by atoms with E-state index in [0.717, 1.165) is 33.6 Å². The number of ether oxygens (including phenoxy) is 3. The van der Waals surface area contributed by atoms with E-state index >= 15 is 0 Å². The van der Waals surface area contributed by atoms with Gasteiger partial charge >= 0.3 is 0 Å². The van der Waals surface area contributed by atoms with E-state index in [1.807, 2.05) is 75.4 Å². The molecule has 5 heteroatoms. The quantitative estimate of drug-likeness (QED) is 0.295. The van der Waals surface area contributed by atoms with Gasteiger partial charge < -0.3 is 24.4 Å². The van der Waals surface area contributed by atoms with E-state index in [9.17, 15) is 10.2 Å². The normalized spacial score (nSPS) is 13.8. The summed E-state index contributed by atoms with van der Waals surface area (Å²) in [6.07, 6.45) is -0.606. The largest absolute Gasteiger partial charge is 0.493 e. The number of benzene rings is 3. The van der Waals surface area contributed by atoms with Crippen molar-refractivity contribution in [3.63, 3.8) is 0 Å². The number of aliphatic hydroxyl groups is 2. The Morgan fingerprint density at radius 3 is 1.72 bits per heavy atom. The molecule has 0 heterocycles. The monoisotopic (exact) mass is 490 g/mol. The molecule has 0 saturated carbocycles. The van der Waals surface area contributed by atoms with E-state index in [-0.39, 0.29) is 31.8 Å². The lowest BCUT2D eigenvalue weighted by molar-refractivity contribution is -0.0122. The molecule has 3 aromatic rings. The average Bonchev–Trinajstić information content (AvgIpc) is 2.91. The first-order valence-electron chi connectivity index (χ1n) is 12.5. The molecule has 0 saturated heterocycles. The molecule has 36 heavy (non-hydrogen) atoms. The molecule has 0 aliphatic carbocycles. The van der Waals surface area contributed by atoms with Crippen molar-refractivity contribution in [3.05, 3.63) is 95.6 Å². The fourth-order valence-electron chi connectivity index (χ4n) is 3.70. The molecule has 0 aliphatic heterocycles. The number of aliphatic hydroxyl groups excluding tert-OH is 2. The molecule has 3 aromatic carbocycles. The SMILES string of the molecule is C/C(=C(/c1ccc(OCC(C)CO)cc1)c1ccc(OCC(O)COC(C)C)cc1)c1ccccc1. The summed E-state index contributed by atoms with van der Waals surface area (Å²) in [5.41, 5.74) is 5.57. The third-order valence-corrected chi connectivity index (χ3v) is 5.78. The number of allylic oxidation sites excluding steroid dienone is 1. The maximum Gasteiger partial charge on any atom is 0.119 e. The van der Waals surface area contributed by atoms with Gasteiger partial charge in [-0.2, -0.15) is 0 Å². The molecular weight excluding hydrogens is 452 g/mol. The van der Waals surface area contributed by atoms with Crippen LogP contribution in [0.4, 0.5) is 0 Å². The second-order valence-electron chi connectivity index (χ2n) is 9.36. The predicted octanol–water partition coefficient (Wildman–Crippen LogP) is 5.84. The predicted molar refractivity (Wildman–Crippen MR) is 145 cm³/mol. The molecule has 2 unspecified atom stereocenters. The maximum absolute atomic E-state index is 10.1. The first-order chi connectivity index (χ1) is 17.4. The van der Waals surface area contributed by atoms with Crippen LogP contribution in [0.2, 0.25) is 0 Å². The van der Waals surface area contributed by atoms with Gasteiger partial charge in [-0.1, -0.05) is 61.5 Å². The van der Waals surface area contributed by atoms with Gasteiger partial charge in [-0.3, -0.25) is 0 Å². The Morgan fingerprint density at radius 2 is 1.22 bits per heavy atom. The summed E-state index contributed by atoms with van der Waals surface area (Å²) in [4.78, 5) is 0. The van der Waals surface area contributed by atoms with Crippen molar-refractivity contribution in [2.75, 3.05) is 26.4 Å². The van der Waals surface area contributed by atoms with Gasteiger partial charge in [0.25, 0.3) is 0 Å². The van der Waals surface area contributed by atoms with E-state index < -0.39 is 6.10 Å². The first-order valence-corrected chi connectivity index (χ1v) is 12.5. The molecule has 0 aliphatic rings. The zero-order valence-corrected chi connectivity index (χ0v) is 21.7. The van der Waals surface area contributed by atoms with Crippen LogP contribution in [0.25, 0.3) is 11.1 Å². The fraction of sp³-hybridized carbons (Fsp3) is 0.355. The van der Waals surface area contributed by atoms with Crippen LogP contribution in [0.15, 0.2) is 78.9 Å². The lowest BCUT2D eigenvalue weighted by atomic mass is 9.90. The Bertz CT molecular complexity index is 1070. The lowest BCUT2D eigenvalue weighted by Gasteiger charge is -2.17. The Balaban J connectivity index is 1.83. The molecule has 0 bridgehead atoms. The van der Waals surface area contributed by atoms with Crippen LogP contribution in [-0.2, 0) is 4.74 Å². The minimum atomic E-state index is -0.677. The van der Waals surface area contributed by atoms with Gasteiger partial charge in [-0.05, 0) is 72.9 Å². The van der Waals surface area contributed by atoms with Gasteiger partial charge in [0.05, 0.1) is 19.3 Å². The highest BCUT2D eigenvalue weighted by molar-refractivity contribution is 5.98. The highest BCUT2D eigenvalue weighted by Crippen LogP contribution is 2.33. The van der Waals surface area contributed by atoms with E-state index in [1.165, 1.54) is 0 Å². The zero-order chi connectivity index (χ0) is 25.9. The minimum absolute atomic E-state index is 0.0710. The molecule has 192 valence electrons. The van der Waals surface area contributed by atoms with Crippen molar-refractivity contribution in [2.24, 2.45) is 5.92 Å². The molecule has 2 N–H and O–H groups in total. The highest BCUT2D eigenvalue weighted by Gasteiger charge is 2.13. The van der Waals surface area contributed by atoms with Crippen molar-refractivity contribution in [2.45, 2.75) is 39.9 Å². The topological polar surface area (TPSA) is 68.2 Å². The molecule has 0 amide bonds. The second kappa shape index (κ2) is 13.8. The zero-order valence-electron chi connectivity index (χ0n) is 21.7. The molecular formula is C31H38O5. The van der Waals surface area contributed by atoms with Gasteiger partial charge in [0.2, 0.25) is 0 Å². The maximum atomic E-state index is 10.1. The Kier molecular flexibility index (Phi) is 10.6. The fourth-order valence-corrected chi connectivity index (χ4v) is 3.70. The standard InChI is InChI=1S/C31H38O5/c1-22(2)34-20-28(33)21-36-30-16-12-27(13-17-30)31(24(4)25-8-6-5-7-9-25)26-10-14-29(15-11-26)35-19-23(3)18-32/h5-17,22-23,28,32-33H,18-21H2,1-4H3/b31-24+. The number of hydrogen-bond donors (Lipinski definition) is 2. The number of hydrogen-bond acceptors (Lipinski definition) is 5. The van der Waals surface area contributed by atoms with Crippen LogP contribution < -0.4 is 9.47 Å². The number of rotatable bonds is 13. The summed E-state index contributed by atoms with van der Waals surface area (Å²) in [7, 11) is 0. The van der Waals surface area contributed by atoms with Gasteiger partial charge in [0.1, 0.15) is 24.2 Å². The van der Waals surface area contributed by atoms with E-state index in [0.29, 0.717) is 12.4 Å². The minimum Gasteiger partial charge on any atom is -0.493 e. The lowest BCUT2D eigenvalue weighted by Crippen LogP contribution is -2.25. The van der Waals surface area contributed by atoms with Crippen molar-refractivity contribution in [1.82, 2.24) is 0 Å². The Labute approximate surface area is 215 Å².